The fraction of sp³-hybridized carbons (Fsp3) is 0.600. The normalized spacial score (nSPS) is 20.7. The second kappa shape index (κ2) is 4.94. The number of nitrogens with two attached hydrogens (primary N) is 1. The summed E-state index contributed by atoms with van der Waals surface area (Å²) in [6.07, 6.45) is 0. The molecule has 1 aliphatic heterocycles. The van der Waals surface area contributed by atoms with Crippen LogP contribution in [0.5, 0.6) is 0 Å². The average molecular weight is 289 g/mol. The first kappa shape index (κ1) is 13.4. The lowest BCUT2D eigenvalue weighted by molar-refractivity contribution is 0.0765. The molecule has 18 heavy (non-hydrogen) atoms. The topological polar surface area (TPSA) is 93.4 Å². The van der Waals surface area contributed by atoms with Crippen LogP contribution in [0.4, 0.5) is 0 Å². The molecule has 1 fully saturated rings. The quantitative estimate of drug-likeness (QED) is 0.829. The first-order valence-corrected chi connectivity index (χ1v) is 8.30. The lowest BCUT2D eigenvalue weighted by Crippen LogP contribution is -2.43. The predicted molar refractivity (Wildman–Crippen MR) is 69.3 cm³/mol. The minimum atomic E-state index is -2.97. The van der Waals surface area contributed by atoms with Gasteiger partial charge in [0.05, 0.1) is 17.5 Å². The Morgan fingerprint density at radius 2 is 2.11 bits per heavy atom. The van der Waals surface area contributed by atoms with Crippen molar-refractivity contribution in [2.45, 2.75) is 13.0 Å². The van der Waals surface area contributed by atoms with E-state index in [0.717, 1.165) is 0 Å². The van der Waals surface area contributed by atoms with Gasteiger partial charge in [-0.05, 0) is 6.92 Å². The Labute approximate surface area is 110 Å². The zero-order valence-corrected chi connectivity index (χ0v) is 11.6. The van der Waals surface area contributed by atoms with Gasteiger partial charge in [-0.25, -0.2) is 13.4 Å². The van der Waals surface area contributed by atoms with E-state index in [4.69, 9.17) is 5.73 Å². The van der Waals surface area contributed by atoms with Crippen LogP contribution in [0, 0.1) is 0 Å². The van der Waals surface area contributed by atoms with Gasteiger partial charge in [0.15, 0.2) is 9.84 Å². The second-order valence-corrected chi connectivity index (χ2v) is 7.50. The number of hydrogen-bond donors (Lipinski definition) is 1. The molecule has 2 heterocycles. The van der Waals surface area contributed by atoms with Gasteiger partial charge < -0.3 is 10.6 Å². The van der Waals surface area contributed by atoms with Gasteiger partial charge in [0, 0.05) is 18.5 Å². The van der Waals surface area contributed by atoms with Crippen LogP contribution >= 0.6 is 11.3 Å². The van der Waals surface area contributed by atoms with Crippen LogP contribution in [0.15, 0.2) is 5.38 Å². The highest BCUT2D eigenvalue weighted by molar-refractivity contribution is 7.91. The van der Waals surface area contributed by atoms with Crippen LogP contribution in [-0.4, -0.2) is 48.8 Å². The average Bonchev–Trinajstić information content (AvgIpc) is 2.77. The second-order valence-electron chi connectivity index (χ2n) is 4.30. The van der Waals surface area contributed by atoms with E-state index in [2.05, 4.69) is 4.98 Å². The van der Waals surface area contributed by atoms with Crippen molar-refractivity contribution >= 4 is 27.1 Å². The number of carbonyl (C=O) groups is 1. The molecule has 1 atom stereocenters. The van der Waals surface area contributed by atoms with Crippen molar-refractivity contribution in [3.05, 3.63) is 16.1 Å². The molecule has 2 rings (SSSR count). The summed E-state index contributed by atoms with van der Waals surface area (Å²) < 4.78 is 22.6. The van der Waals surface area contributed by atoms with Crippen molar-refractivity contribution in [2.75, 3.05) is 24.6 Å². The molecule has 100 valence electrons. The molecule has 1 aliphatic rings. The highest BCUT2D eigenvalue weighted by Crippen LogP contribution is 2.17. The van der Waals surface area contributed by atoms with E-state index in [1.165, 1.54) is 16.2 Å². The molecular formula is C10H15N3O3S2. The third-order valence-corrected chi connectivity index (χ3v) is 5.42. The number of amides is 1. The Morgan fingerprint density at radius 1 is 1.50 bits per heavy atom. The minimum Gasteiger partial charge on any atom is -0.335 e. The number of thiazole rings is 1. The largest absolute Gasteiger partial charge is 0.335 e. The van der Waals surface area contributed by atoms with Crippen LogP contribution in [0.2, 0.25) is 0 Å². The summed E-state index contributed by atoms with van der Waals surface area (Å²) in [6, 6.07) is -0.196. The van der Waals surface area contributed by atoms with E-state index < -0.39 is 9.84 Å². The van der Waals surface area contributed by atoms with E-state index in [9.17, 15) is 13.2 Å². The van der Waals surface area contributed by atoms with E-state index in [-0.39, 0.29) is 36.5 Å². The van der Waals surface area contributed by atoms with Crippen LogP contribution in [-0.2, 0) is 9.84 Å². The van der Waals surface area contributed by atoms with E-state index >= 15 is 0 Å². The fourth-order valence-corrected chi connectivity index (χ4v) is 3.63. The highest BCUT2D eigenvalue weighted by Gasteiger charge is 2.27. The summed E-state index contributed by atoms with van der Waals surface area (Å²) in [7, 11) is -2.97. The minimum absolute atomic E-state index is 0.0308. The van der Waals surface area contributed by atoms with Gasteiger partial charge in [-0.15, -0.1) is 11.3 Å². The first-order chi connectivity index (χ1) is 8.39. The molecule has 1 aromatic rings. The lowest BCUT2D eigenvalue weighted by atomic mass is 10.3. The van der Waals surface area contributed by atoms with Gasteiger partial charge in [-0.3, -0.25) is 4.79 Å². The number of hydrogen-bond acceptors (Lipinski definition) is 6. The monoisotopic (exact) mass is 289 g/mol. The van der Waals surface area contributed by atoms with Gasteiger partial charge in [0.1, 0.15) is 10.7 Å². The summed E-state index contributed by atoms with van der Waals surface area (Å²) in [5.74, 6) is -0.153. The molecule has 8 heteroatoms. The highest BCUT2D eigenvalue weighted by atomic mass is 32.2. The van der Waals surface area contributed by atoms with Crippen molar-refractivity contribution < 1.29 is 13.2 Å². The van der Waals surface area contributed by atoms with Crippen LogP contribution < -0.4 is 5.73 Å². The number of carbonyl (C=O) groups excluding carboxylic acids is 1. The van der Waals surface area contributed by atoms with E-state index in [1.807, 2.05) is 0 Å². The smallest absolute Gasteiger partial charge is 0.273 e. The molecule has 0 saturated carbocycles. The summed E-state index contributed by atoms with van der Waals surface area (Å²) in [5.41, 5.74) is 6.04. The van der Waals surface area contributed by atoms with E-state index in [1.54, 1.807) is 12.3 Å². The third-order valence-electron chi connectivity index (χ3n) is 2.76. The summed E-state index contributed by atoms with van der Waals surface area (Å²) >= 11 is 1.35. The molecule has 0 aromatic carbocycles. The van der Waals surface area contributed by atoms with Gasteiger partial charge in [0.2, 0.25) is 0 Å². The zero-order valence-electron chi connectivity index (χ0n) is 10.00. The maximum absolute atomic E-state index is 12.1. The Bertz CT molecular complexity index is 536. The standard InChI is InChI=1S/C10H15N3O3S2/c1-7(11)9-12-8(6-17-9)10(14)13-2-4-18(15,16)5-3-13/h6-7H,2-5,11H2,1H3. The Hall–Kier alpha value is -0.990. The van der Waals surface area contributed by atoms with Gasteiger partial charge in [-0.1, -0.05) is 0 Å². The van der Waals surface area contributed by atoms with Crippen molar-refractivity contribution in [3.8, 4) is 0 Å². The first-order valence-electron chi connectivity index (χ1n) is 5.60. The molecule has 0 bridgehead atoms. The Kier molecular flexibility index (Phi) is 3.69. The van der Waals surface area contributed by atoms with Crippen LogP contribution in [0.25, 0.3) is 0 Å². The molecule has 1 unspecified atom stereocenters. The van der Waals surface area contributed by atoms with Crippen molar-refractivity contribution in [2.24, 2.45) is 5.73 Å². The van der Waals surface area contributed by atoms with Crippen molar-refractivity contribution in [1.29, 1.82) is 0 Å². The Morgan fingerprint density at radius 3 is 2.61 bits per heavy atom. The maximum atomic E-state index is 12.1. The molecule has 0 aliphatic carbocycles. The molecular weight excluding hydrogens is 274 g/mol. The molecule has 1 amide bonds. The molecule has 2 N–H and O–H groups in total. The molecule has 0 radical (unpaired) electrons. The van der Waals surface area contributed by atoms with Crippen molar-refractivity contribution in [1.82, 2.24) is 9.88 Å². The number of sulfone groups is 1. The zero-order chi connectivity index (χ0) is 13.3. The summed E-state index contributed by atoms with van der Waals surface area (Å²) in [5, 5.41) is 2.38. The summed E-state index contributed by atoms with van der Waals surface area (Å²) in [4.78, 5) is 17.8. The predicted octanol–water partition coefficient (Wildman–Crippen LogP) is 0.0334. The SMILES string of the molecule is CC(N)c1nc(C(=O)N2CCS(=O)(=O)CC2)cs1. The fourth-order valence-electron chi connectivity index (χ4n) is 1.67. The van der Waals surface area contributed by atoms with Gasteiger partial charge in [0.25, 0.3) is 5.91 Å². The van der Waals surface area contributed by atoms with Gasteiger partial charge in [-0.2, -0.15) is 0 Å². The van der Waals surface area contributed by atoms with Crippen LogP contribution in [0.3, 0.4) is 0 Å². The van der Waals surface area contributed by atoms with Crippen molar-refractivity contribution in [3.63, 3.8) is 0 Å². The van der Waals surface area contributed by atoms with Crippen LogP contribution in [0.1, 0.15) is 28.5 Å². The number of nitrogens with zero attached hydrogens (tertiary/aromatic N) is 2. The maximum Gasteiger partial charge on any atom is 0.273 e. The third kappa shape index (κ3) is 2.88. The van der Waals surface area contributed by atoms with Gasteiger partial charge >= 0.3 is 0 Å². The molecule has 1 aromatic heterocycles. The molecule has 6 nitrogen and oxygen atoms in total. The van der Waals surface area contributed by atoms with E-state index in [0.29, 0.717) is 10.7 Å². The number of rotatable bonds is 2. The molecule has 1 saturated heterocycles. The Balaban J connectivity index is 2.07. The molecule has 0 spiro atoms. The number of aromatic nitrogens is 1. The summed E-state index contributed by atoms with van der Waals surface area (Å²) in [6.45, 7) is 2.29. The lowest BCUT2D eigenvalue weighted by Gasteiger charge is -2.25.